The Morgan fingerprint density at radius 2 is 0.500 bits per heavy atom. The Morgan fingerprint density at radius 1 is 0.269 bits per heavy atom. The molecule has 0 aliphatic heterocycles. The van der Waals surface area contributed by atoms with Gasteiger partial charge in [-0.3, -0.25) is 14.4 Å². The molecule has 0 N–H and O–H groups in total. The van der Waals surface area contributed by atoms with E-state index in [1.165, 1.54) is 148 Å². The summed E-state index contributed by atoms with van der Waals surface area (Å²) in [5.41, 5.74) is 0. The molecule has 0 aliphatic rings. The van der Waals surface area contributed by atoms with Crippen molar-refractivity contribution in [1.29, 1.82) is 0 Å². The van der Waals surface area contributed by atoms with Gasteiger partial charge in [-0.1, -0.05) is 298 Å². The van der Waals surface area contributed by atoms with E-state index in [4.69, 9.17) is 14.2 Å². The van der Waals surface area contributed by atoms with Crippen LogP contribution in [0.15, 0.2) is 97.2 Å². The number of hydrogen-bond donors (Lipinski definition) is 0. The quantitative estimate of drug-likeness (QED) is 0.0261. The lowest BCUT2D eigenvalue weighted by Gasteiger charge is -2.18. The summed E-state index contributed by atoms with van der Waals surface area (Å²) >= 11 is 0. The highest BCUT2D eigenvalue weighted by molar-refractivity contribution is 5.71. The highest BCUT2D eigenvalue weighted by Crippen LogP contribution is 2.17. The molecule has 0 saturated heterocycles. The Balaban J connectivity index is 4.42. The maximum atomic E-state index is 12.9. The fourth-order valence-corrected chi connectivity index (χ4v) is 9.36. The van der Waals surface area contributed by atoms with Gasteiger partial charge in [0.05, 0.1) is 0 Å². The first-order valence-electron chi connectivity index (χ1n) is 33.2. The van der Waals surface area contributed by atoms with Gasteiger partial charge in [0, 0.05) is 19.3 Å². The van der Waals surface area contributed by atoms with Crippen molar-refractivity contribution in [2.45, 2.75) is 329 Å². The van der Waals surface area contributed by atoms with Crippen molar-refractivity contribution in [3.8, 4) is 0 Å². The van der Waals surface area contributed by atoms with Gasteiger partial charge < -0.3 is 14.2 Å². The zero-order valence-corrected chi connectivity index (χ0v) is 51.4. The van der Waals surface area contributed by atoms with E-state index in [9.17, 15) is 14.4 Å². The fraction of sp³-hybridized carbons (Fsp3) is 0.736. The first-order chi connectivity index (χ1) is 38.5. The maximum Gasteiger partial charge on any atom is 0.306 e. The third-order valence-corrected chi connectivity index (χ3v) is 14.3. The summed E-state index contributed by atoms with van der Waals surface area (Å²) in [4.78, 5) is 38.4. The number of esters is 3. The van der Waals surface area contributed by atoms with Gasteiger partial charge in [0.25, 0.3) is 0 Å². The van der Waals surface area contributed by atoms with Crippen LogP contribution in [0.25, 0.3) is 0 Å². The van der Waals surface area contributed by atoms with Gasteiger partial charge in [0.15, 0.2) is 6.10 Å². The molecule has 0 heterocycles. The summed E-state index contributed by atoms with van der Waals surface area (Å²) in [7, 11) is 0. The van der Waals surface area contributed by atoms with E-state index in [0.29, 0.717) is 19.3 Å². The molecule has 0 aromatic carbocycles. The Bertz CT molecular complexity index is 1530. The molecule has 6 heteroatoms. The van der Waals surface area contributed by atoms with E-state index in [1.54, 1.807) is 0 Å². The molecule has 0 aliphatic carbocycles. The second-order valence-electron chi connectivity index (χ2n) is 22.0. The van der Waals surface area contributed by atoms with E-state index < -0.39 is 6.10 Å². The SMILES string of the molecule is CC/C=C\C/C=C\C/C=C\C/C=C\C/C=C\C/C=C\CCCCCCC(=O)OCC(COC(=O)CCCCCCC/C=C\C/C=C\CCCCCC)OC(=O)CCCCCCCCCCCCCCCCCCCCCCC. The van der Waals surface area contributed by atoms with E-state index in [2.05, 4.69) is 118 Å². The molecule has 0 fully saturated rings. The second-order valence-corrected chi connectivity index (χ2v) is 22.0. The summed E-state index contributed by atoms with van der Waals surface area (Å²) in [6.07, 6.45) is 88.4. The topological polar surface area (TPSA) is 78.9 Å². The molecule has 0 aromatic rings. The molecular formula is C72H124O6. The lowest BCUT2D eigenvalue weighted by Crippen LogP contribution is -2.30. The van der Waals surface area contributed by atoms with Gasteiger partial charge in [-0.05, 0) is 103 Å². The minimum atomic E-state index is -0.795. The number of rotatable bonds is 60. The lowest BCUT2D eigenvalue weighted by molar-refractivity contribution is -0.167. The van der Waals surface area contributed by atoms with Crippen molar-refractivity contribution >= 4 is 17.9 Å². The molecular weight excluding hydrogens is 961 g/mol. The lowest BCUT2D eigenvalue weighted by atomic mass is 10.0. The number of hydrogen-bond acceptors (Lipinski definition) is 6. The minimum Gasteiger partial charge on any atom is -0.462 e. The van der Waals surface area contributed by atoms with Crippen molar-refractivity contribution in [1.82, 2.24) is 0 Å². The van der Waals surface area contributed by atoms with Gasteiger partial charge in [0.1, 0.15) is 13.2 Å². The molecule has 0 aromatic heterocycles. The molecule has 0 radical (unpaired) electrons. The van der Waals surface area contributed by atoms with Crippen molar-refractivity contribution in [3.05, 3.63) is 97.2 Å². The average Bonchev–Trinajstić information content (AvgIpc) is 3.44. The van der Waals surface area contributed by atoms with Crippen LogP contribution in [0.5, 0.6) is 0 Å². The predicted octanol–water partition coefficient (Wildman–Crippen LogP) is 22.8. The Labute approximate surface area is 483 Å². The third-order valence-electron chi connectivity index (χ3n) is 14.3. The molecule has 78 heavy (non-hydrogen) atoms. The van der Waals surface area contributed by atoms with Crippen LogP contribution < -0.4 is 0 Å². The van der Waals surface area contributed by atoms with E-state index in [-0.39, 0.29) is 31.1 Å². The first kappa shape index (κ1) is 74.3. The monoisotopic (exact) mass is 1080 g/mol. The molecule has 1 atom stereocenters. The predicted molar refractivity (Wildman–Crippen MR) is 339 cm³/mol. The minimum absolute atomic E-state index is 0.0911. The molecule has 0 rings (SSSR count). The van der Waals surface area contributed by atoms with Crippen molar-refractivity contribution < 1.29 is 28.6 Å². The van der Waals surface area contributed by atoms with Crippen LogP contribution in [0, 0.1) is 0 Å². The van der Waals surface area contributed by atoms with Gasteiger partial charge >= 0.3 is 17.9 Å². The highest BCUT2D eigenvalue weighted by atomic mass is 16.6. The number of allylic oxidation sites excluding steroid dienone is 16. The van der Waals surface area contributed by atoms with Crippen LogP contribution >= 0.6 is 0 Å². The largest absolute Gasteiger partial charge is 0.462 e. The summed E-state index contributed by atoms with van der Waals surface area (Å²) in [5.74, 6) is -0.915. The van der Waals surface area contributed by atoms with Gasteiger partial charge in [0.2, 0.25) is 0 Å². The van der Waals surface area contributed by atoms with E-state index >= 15 is 0 Å². The number of carbonyl (C=O) groups is 3. The summed E-state index contributed by atoms with van der Waals surface area (Å²) in [5, 5.41) is 0. The van der Waals surface area contributed by atoms with Crippen LogP contribution in [0.2, 0.25) is 0 Å². The Kier molecular flexibility index (Phi) is 62.7. The van der Waals surface area contributed by atoms with Crippen LogP contribution in [-0.4, -0.2) is 37.2 Å². The van der Waals surface area contributed by atoms with E-state index in [0.717, 1.165) is 135 Å². The smallest absolute Gasteiger partial charge is 0.306 e. The number of carbonyl (C=O) groups excluding carboxylic acids is 3. The molecule has 0 spiro atoms. The van der Waals surface area contributed by atoms with Crippen molar-refractivity contribution in [3.63, 3.8) is 0 Å². The zero-order chi connectivity index (χ0) is 56.4. The number of unbranched alkanes of at least 4 members (excludes halogenated alkanes) is 33. The molecule has 0 saturated carbocycles. The van der Waals surface area contributed by atoms with Gasteiger partial charge in [-0.15, -0.1) is 0 Å². The van der Waals surface area contributed by atoms with Gasteiger partial charge in [-0.2, -0.15) is 0 Å². The molecule has 0 amide bonds. The zero-order valence-electron chi connectivity index (χ0n) is 51.4. The number of ether oxygens (including phenoxy) is 3. The molecule has 1 unspecified atom stereocenters. The Hall–Kier alpha value is -3.67. The van der Waals surface area contributed by atoms with E-state index in [1.807, 2.05) is 0 Å². The molecule has 0 bridgehead atoms. The normalized spacial score (nSPS) is 12.7. The second kappa shape index (κ2) is 65.8. The summed E-state index contributed by atoms with van der Waals surface area (Å²) in [6.45, 7) is 6.52. The van der Waals surface area contributed by atoms with Crippen molar-refractivity contribution in [2.75, 3.05) is 13.2 Å². The van der Waals surface area contributed by atoms with Crippen LogP contribution in [0.1, 0.15) is 323 Å². The highest BCUT2D eigenvalue weighted by Gasteiger charge is 2.19. The summed E-state index contributed by atoms with van der Waals surface area (Å²) < 4.78 is 16.9. The standard InChI is InChI=1S/C72H124O6/c1-4-7-10-13-16-19-22-25-28-31-33-35-36-38-39-41-44-47-50-53-56-59-62-65-71(74)77-68-69(67-76-70(73)64-61-58-55-52-49-46-43-30-27-24-21-18-15-12-9-6-3)78-72(75)66-63-60-57-54-51-48-45-42-40-37-34-32-29-26-23-20-17-14-11-8-5-2/h7,10,16,19,21,24-25,28,30,33,35,38-39,43-44,47,69H,4-6,8-9,11-15,17-18,20,22-23,26-27,29,31-32,34,36-37,40-42,45-46,48-68H2,1-3H3/b10-7-,19-16-,24-21-,28-25-,35-33-,39-38-,43-30-,47-44-. The average molecular weight is 1090 g/mol. The van der Waals surface area contributed by atoms with Crippen LogP contribution in [0.4, 0.5) is 0 Å². The van der Waals surface area contributed by atoms with Crippen LogP contribution in [0.3, 0.4) is 0 Å². The third kappa shape index (κ3) is 63.2. The first-order valence-corrected chi connectivity index (χ1v) is 33.2. The van der Waals surface area contributed by atoms with Gasteiger partial charge in [-0.25, -0.2) is 0 Å². The summed E-state index contributed by atoms with van der Waals surface area (Å²) in [6, 6.07) is 0. The maximum absolute atomic E-state index is 12.9. The van der Waals surface area contributed by atoms with Crippen LogP contribution in [-0.2, 0) is 28.6 Å². The molecule has 6 nitrogen and oxygen atoms in total. The molecule has 448 valence electrons. The fourth-order valence-electron chi connectivity index (χ4n) is 9.36. The Morgan fingerprint density at radius 3 is 0.795 bits per heavy atom. The van der Waals surface area contributed by atoms with Crippen molar-refractivity contribution in [2.24, 2.45) is 0 Å².